The van der Waals surface area contributed by atoms with Gasteiger partial charge >= 0.3 is 12.1 Å². The van der Waals surface area contributed by atoms with E-state index in [1.807, 2.05) is 0 Å². The number of rotatable bonds is 4. The van der Waals surface area contributed by atoms with Crippen LogP contribution in [0.25, 0.3) is 0 Å². The van der Waals surface area contributed by atoms with E-state index in [1.54, 1.807) is 0 Å². The molecule has 0 heterocycles. The van der Waals surface area contributed by atoms with Gasteiger partial charge in [-0.1, -0.05) is 0 Å². The highest BCUT2D eigenvalue weighted by Crippen LogP contribution is 2.37. The molecule has 1 aromatic rings. The van der Waals surface area contributed by atoms with Crippen LogP contribution in [-0.2, 0) is 21.0 Å². The first-order chi connectivity index (χ1) is 8.93. The second-order valence-electron chi connectivity index (χ2n) is 3.97. The number of alkyl halides is 3. The SMILES string of the molecule is CN(CC(=O)O)c1ccc(S(N)(=O)=O)cc1C(F)(F)F. The summed E-state index contributed by atoms with van der Waals surface area (Å²) in [7, 11) is -3.14. The molecule has 0 amide bonds. The number of carboxylic acids is 1. The average molecular weight is 312 g/mol. The standard InChI is InChI=1S/C10H11F3N2O4S/c1-15(5-9(16)17)8-3-2-6(20(14,18)19)4-7(8)10(11,12)13/h2-4H,5H2,1H3,(H,16,17)(H2,14,18,19). The van der Waals surface area contributed by atoms with Crippen molar-refractivity contribution in [2.75, 3.05) is 18.5 Å². The van der Waals surface area contributed by atoms with Crippen LogP contribution in [0.5, 0.6) is 0 Å². The Balaban J connectivity index is 3.43. The van der Waals surface area contributed by atoms with Crippen LogP contribution >= 0.6 is 0 Å². The summed E-state index contributed by atoms with van der Waals surface area (Å²) >= 11 is 0. The minimum atomic E-state index is -4.84. The second-order valence-corrected chi connectivity index (χ2v) is 5.53. The quantitative estimate of drug-likeness (QED) is 0.859. The third-order valence-corrected chi connectivity index (χ3v) is 3.30. The van der Waals surface area contributed by atoms with E-state index in [2.05, 4.69) is 0 Å². The molecule has 0 aliphatic heterocycles. The first kappa shape index (κ1) is 16.2. The Labute approximate surface area is 112 Å². The van der Waals surface area contributed by atoms with Crippen molar-refractivity contribution in [2.45, 2.75) is 11.1 Å². The van der Waals surface area contributed by atoms with Crippen molar-refractivity contribution in [1.82, 2.24) is 0 Å². The number of nitrogens with two attached hydrogens (primary N) is 1. The molecule has 0 aromatic heterocycles. The molecule has 1 rings (SSSR count). The molecule has 0 aliphatic carbocycles. The number of carboxylic acid groups (broad SMARTS) is 1. The molecular weight excluding hydrogens is 301 g/mol. The van der Waals surface area contributed by atoms with Gasteiger partial charge in [0.2, 0.25) is 10.0 Å². The summed E-state index contributed by atoms with van der Waals surface area (Å²) in [4.78, 5) is 10.7. The molecule has 0 aliphatic rings. The number of sulfonamides is 1. The van der Waals surface area contributed by atoms with Gasteiger partial charge in [0.05, 0.1) is 10.5 Å². The molecule has 0 bridgehead atoms. The van der Waals surface area contributed by atoms with Gasteiger partial charge in [-0.05, 0) is 18.2 Å². The second kappa shape index (κ2) is 5.29. The molecule has 0 saturated carbocycles. The third kappa shape index (κ3) is 3.84. The number of carbonyl (C=O) groups is 1. The smallest absolute Gasteiger partial charge is 0.418 e. The molecule has 10 heteroatoms. The van der Waals surface area contributed by atoms with Crippen LogP contribution in [0.3, 0.4) is 0 Å². The van der Waals surface area contributed by atoms with Crippen molar-refractivity contribution in [3.05, 3.63) is 23.8 Å². The number of halogens is 3. The minimum Gasteiger partial charge on any atom is -0.480 e. The molecule has 3 N–H and O–H groups in total. The van der Waals surface area contributed by atoms with Crippen molar-refractivity contribution in [3.8, 4) is 0 Å². The highest BCUT2D eigenvalue weighted by molar-refractivity contribution is 7.89. The maximum atomic E-state index is 12.9. The van der Waals surface area contributed by atoms with Gasteiger partial charge < -0.3 is 10.0 Å². The van der Waals surface area contributed by atoms with Crippen molar-refractivity contribution in [3.63, 3.8) is 0 Å². The van der Waals surface area contributed by atoms with Crippen molar-refractivity contribution < 1.29 is 31.5 Å². The number of aliphatic carboxylic acids is 1. The monoisotopic (exact) mass is 312 g/mol. The zero-order valence-electron chi connectivity index (χ0n) is 10.2. The van der Waals surface area contributed by atoms with Crippen LogP contribution in [0.1, 0.15) is 5.56 Å². The van der Waals surface area contributed by atoms with E-state index < -0.39 is 44.9 Å². The first-order valence-corrected chi connectivity index (χ1v) is 6.64. The number of primary sulfonamides is 1. The molecule has 112 valence electrons. The van der Waals surface area contributed by atoms with E-state index in [9.17, 15) is 26.4 Å². The summed E-state index contributed by atoms with van der Waals surface area (Å²) in [6.07, 6.45) is -4.84. The molecule has 0 fully saturated rings. The summed E-state index contributed by atoms with van der Waals surface area (Å²) in [5.41, 5.74) is -1.72. The minimum absolute atomic E-state index is 0.378. The van der Waals surface area contributed by atoms with E-state index in [1.165, 1.54) is 0 Å². The Morgan fingerprint density at radius 1 is 1.40 bits per heavy atom. The van der Waals surface area contributed by atoms with Gasteiger partial charge in [-0.3, -0.25) is 4.79 Å². The van der Waals surface area contributed by atoms with Gasteiger partial charge in [-0.15, -0.1) is 0 Å². The number of benzene rings is 1. The summed E-state index contributed by atoms with van der Waals surface area (Å²) in [5, 5.41) is 13.4. The highest BCUT2D eigenvalue weighted by Gasteiger charge is 2.35. The van der Waals surface area contributed by atoms with Crippen LogP contribution in [0.2, 0.25) is 0 Å². The third-order valence-electron chi connectivity index (χ3n) is 2.39. The van der Waals surface area contributed by atoms with Gasteiger partial charge in [0.1, 0.15) is 6.54 Å². The topological polar surface area (TPSA) is 101 Å². The Kier molecular flexibility index (Phi) is 4.30. The van der Waals surface area contributed by atoms with Crippen LogP contribution in [0.4, 0.5) is 18.9 Å². The largest absolute Gasteiger partial charge is 0.480 e. The molecule has 20 heavy (non-hydrogen) atoms. The highest BCUT2D eigenvalue weighted by atomic mass is 32.2. The lowest BCUT2D eigenvalue weighted by molar-refractivity contribution is -0.138. The van der Waals surface area contributed by atoms with Gasteiger partial charge in [-0.2, -0.15) is 13.2 Å². The predicted molar refractivity (Wildman–Crippen MR) is 63.7 cm³/mol. The molecule has 0 spiro atoms. The van der Waals surface area contributed by atoms with Crippen LogP contribution in [0.15, 0.2) is 23.1 Å². The molecular formula is C10H11F3N2O4S. The van der Waals surface area contributed by atoms with Gasteiger partial charge in [0.25, 0.3) is 0 Å². The zero-order valence-corrected chi connectivity index (χ0v) is 11.0. The maximum Gasteiger partial charge on any atom is 0.418 e. The van der Waals surface area contributed by atoms with Gasteiger partial charge in [0, 0.05) is 12.7 Å². The fourth-order valence-electron chi connectivity index (χ4n) is 1.54. The van der Waals surface area contributed by atoms with Crippen molar-refractivity contribution in [2.24, 2.45) is 5.14 Å². The molecule has 0 saturated heterocycles. The lowest BCUT2D eigenvalue weighted by Gasteiger charge is -2.22. The van der Waals surface area contributed by atoms with Crippen LogP contribution in [-0.4, -0.2) is 33.1 Å². The number of hydrogen-bond donors (Lipinski definition) is 2. The Morgan fingerprint density at radius 3 is 2.35 bits per heavy atom. The van der Waals surface area contributed by atoms with E-state index in [0.717, 1.165) is 24.1 Å². The number of anilines is 1. The number of hydrogen-bond acceptors (Lipinski definition) is 4. The summed E-state index contributed by atoms with van der Waals surface area (Å²) < 4.78 is 60.9. The van der Waals surface area contributed by atoms with Gasteiger partial charge in [0.15, 0.2) is 0 Å². The van der Waals surface area contributed by atoms with E-state index in [4.69, 9.17) is 10.2 Å². The Hall–Kier alpha value is -1.81. The van der Waals surface area contributed by atoms with Gasteiger partial charge in [-0.25, -0.2) is 13.6 Å². The molecule has 0 unspecified atom stereocenters. The Bertz CT molecular complexity index is 628. The van der Waals surface area contributed by atoms with Crippen LogP contribution in [0, 0.1) is 0 Å². The number of nitrogens with zero attached hydrogens (tertiary/aromatic N) is 1. The van der Waals surface area contributed by atoms with Crippen molar-refractivity contribution in [1.29, 1.82) is 0 Å². The predicted octanol–water partition coefficient (Wildman–Crippen LogP) is 0.874. The maximum absolute atomic E-state index is 12.9. The number of likely N-dealkylation sites (N-methyl/N-ethyl adjacent to an activating group) is 1. The Morgan fingerprint density at radius 2 is 1.95 bits per heavy atom. The molecule has 6 nitrogen and oxygen atoms in total. The lowest BCUT2D eigenvalue weighted by Crippen LogP contribution is -2.28. The van der Waals surface area contributed by atoms with Crippen LogP contribution < -0.4 is 10.0 Å². The lowest BCUT2D eigenvalue weighted by atomic mass is 10.1. The molecule has 0 atom stereocenters. The fourth-order valence-corrected chi connectivity index (χ4v) is 2.08. The first-order valence-electron chi connectivity index (χ1n) is 5.10. The summed E-state index contributed by atoms with van der Waals surface area (Å²) in [6.45, 7) is -0.669. The zero-order chi connectivity index (χ0) is 15.7. The molecule has 0 radical (unpaired) electrons. The summed E-state index contributed by atoms with van der Waals surface area (Å²) in [6, 6.07) is 2.13. The summed E-state index contributed by atoms with van der Waals surface area (Å²) in [5.74, 6) is -1.32. The van der Waals surface area contributed by atoms with E-state index >= 15 is 0 Å². The fraction of sp³-hybridized carbons (Fsp3) is 0.300. The van der Waals surface area contributed by atoms with E-state index in [-0.39, 0.29) is 0 Å². The average Bonchev–Trinajstić information content (AvgIpc) is 2.24. The van der Waals surface area contributed by atoms with E-state index in [0.29, 0.717) is 6.07 Å². The normalized spacial score (nSPS) is 12.2. The molecule has 1 aromatic carbocycles. The van der Waals surface area contributed by atoms with Crippen molar-refractivity contribution >= 4 is 21.7 Å².